The topological polar surface area (TPSA) is 78.9 Å². The standard InChI is InChI=1S/C13H16N2O4/c1-19-11-5-3-2-4-10(11)15-9(6-7-12(16)17)8-14-13(15)18/h2-5,9H,6-8H2,1H3,(H,14,18)(H,16,17). The number of ether oxygens (including phenoxy) is 1. The average molecular weight is 264 g/mol. The Morgan fingerprint density at radius 1 is 1.53 bits per heavy atom. The number of carboxylic acids is 1. The average Bonchev–Trinajstić information content (AvgIpc) is 2.77. The van der Waals surface area contributed by atoms with Crippen LogP contribution in [0.5, 0.6) is 5.75 Å². The second-order valence-electron chi connectivity index (χ2n) is 4.31. The molecule has 1 fully saturated rings. The molecule has 0 spiro atoms. The number of amides is 2. The van der Waals surface area contributed by atoms with E-state index in [4.69, 9.17) is 9.84 Å². The third kappa shape index (κ3) is 2.78. The normalized spacial score (nSPS) is 18.3. The van der Waals surface area contributed by atoms with Gasteiger partial charge in [0.15, 0.2) is 0 Å². The molecule has 2 N–H and O–H groups in total. The number of anilines is 1. The van der Waals surface area contributed by atoms with Crippen molar-refractivity contribution in [3.63, 3.8) is 0 Å². The molecule has 1 atom stereocenters. The van der Waals surface area contributed by atoms with Crippen LogP contribution >= 0.6 is 0 Å². The molecule has 0 aromatic heterocycles. The zero-order chi connectivity index (χ0) is 13.8. The first kappa shape index (κ1) is 13.2. The molecule has 0 aliphatic carbocycles. The molecule has 1 saturated heterocycles. The van der Waals surface area contributed by atoms with E-state index >= 15 is 0 Å². The Labute approximate surface area is 111 Å². The number of carboxylic acid groups (broad SMARTS) is 1. The number of hydrogen-bond donors (Lipinski definition) is 2. The Morgan fingerprint density at radius 3 is 2.95 bits per heavy atom. The molecule has 19 heavy (non-hydrogen) atoms. The van der Waals surface area contributed by atoms with Gasteiger partial charge in [0.1, 0.15) is 5.75 Å². The molecule has 0 bridgehead atoms. The molecular weight excluding hydrogens is 248 g/mol. The molecule has 2 amide bonds. The van der Waals surface area contributed by atoms with E-state index < -0.39 is 5.97 Å². The third-order valence-corrected chi connectivity index (χ3v) is 3.11. The van der Waals surface area contributed by atoms with Gasteiger partial charge >= 0.3 is 12.0 Å². The predicted molar refractivity (Wildman–Crippen MR) is 69.5 cm³/mol. The molecule has 0 radical (unpaired) electrons. The van der Waals surface area contributed by atoms with Gasteiger partial charge in [-0.3, -0.25) is 9.69 Å². The van der Waals surface area contributed by atoms with Crippen molar-refractivity contribution < 1.29 is 19.4 Å². The van der Waals surface area contributed by atoms with Crippen LogP contribution in [0.3, 0.4) is 0 Å². The van der Waals surface area contributed by atoms with Gasteiger partial charge in [-0.05, 0) is 18.6 Å². The van der Waals surface area contributed by atoms with E-state index in [1.807, 2.05) is 12.1 Å². The number of aliphatic carboxylic acids is 1. The number of nitrogens with zero attached hydrogens (tertiary/aromatic N) is 1. The van der Waals surface area contributed by atoms with Crippen molar-refractivity contribution in [3.8, 4) is 5.75 Å². The highest BCUT2D eigenvalue weighted by Gasteiger charge is 2.33. The van der Waals surface area contributed by atoms with Crippen LogP contribution in [0.25, 0.3) is 0 Å². The minimum Gasteiger partial charge on any atom is -0.495 e. The minimum absolute atomic E-state index is 0.0330. The quantitative estimate of drug-likeness (QED) is 0.843. The molecule has 6 heteroatoms. The Hall–Kier alpha value is -2.24. The van der Waals surface area contributed by atoms with Gasteiger partial charge in [0, 0.05) is 13.0 Å². The predicted octanol–water partition coefficient (Wildman–Crippen LogP) is 1.46. The van der Waals surface area contributed by atoms with Crippen molar-refractivity contribution in [2.75, 3.05) is 18.6 Å². The first-order valence-corrected chi connectivity index (χ1v) is 6.05. The second kappa shape index (κ2) is 5.60. The molecule has 6 nitrogen and oxygen atoms in total. The zero-order valence-corrected chi connectivity index (χ0v) is 10.6. The first-order chi connectivity index (χ1) is 9.13. The van der Waals surface area contributed by atoms with Gasteiger partial charge in [-0.25, -0.2) is 4.79 Å². The molecule has 1 aliphatic heterocycles. The van der Waals surface area contributed by atoms with E-state index in [2.05, 4.69) is 5.32 Å². The van der Waals surface area contributed by atoms with Crippen molar-refractivity contribution >= 4 is 17.7 Å². The molecule has 1 aromatic rings. The van der Waals surface area contributed by atoms with E-state index in [1.54, 1.807) is 24.1 Å². The molecule has 102 valence electrons. The highest BCUT2D eigenvalue weighted by atomic mass is 16.5. The van der Waals surface area contributed by atoms with Crippen molar-refractivity contribution in [1.82, 2.24) is 5.32 Å². The lowest BCUT2D eigenvalue weighted by molar-refractivity contribution is -0.137. The van der Waals surface area contributed by atoms with Crippen LogP contribution in [0.15, 0.2) is 24.3 Å². The monoisotopic (exact) mass is 264 g/mol. The fourth-order valence-electron chi connectivity index (χ4n) is 2.20. The lowest BCUT2D eigenvalue weighted by Crippen LogP contribution is -2.34. The molecule has 0 saturated carbocycles. The van der Waals surface area contributed by atoms with Crippen LogP contribution in [0.1, 0.15) is 12.8 Å². The van der Waals surface area contributed by atoms with Gasteiger partial charge in [-0.1, -0.05) is 12.1 Å². The maximum atomic E-state index is 11.9. The third-order valence-electron chi connectivity index (χ3n) is 3.11. The van der Waals surface area contributed by atoms with E-state index in [0.29, 0.717) is 24.4 Å². The lowest BCUT2D eigenvalue weighted by Gasteiger charge is -2.24. The lowest BCUT2D eigenvalue weighted by atomic mass is 10.1. The highest BCUT2D eigenvalue weighted by Crippen LogP contribution is 2.31. The van der Waals surface area contributed by atoms with Gasteiger partial charge in [0.25, 0.3) is 0 Å². The number of carbonyl (C=O) groups is 2. The largest absolute Gasteiger partial charge is 0.495 e. The fourth-order valence-corrected chi connectivity index (χ4v) is 2.20. The van der Waals surface area contributed by atoms with Gasteiger partial charge < -0.3 is 15.2 Å². The van der Waals surface area contributed by atoms with E-state index in [0.717, 1.165) is 0 Å². The second-order valence-corrected chi connectivity index (χ2v) is 4.31. The van der Waals surface area contributed by atoms with Gasteiger partial charge in [0.2, 0.25) is 0 Å². The van der Waals surface area contributed by atoms with Crippen molar-refractivity contribution in [2.24, 2.45) is 0 Å². The number of urea groups is 1. The molecule has 1 aliphatic rings. The Bertz CT molecular complexity index is 489. The summed E-state index contributed by atoms with van der Waals surface area (Å²) >= 11 is 0. The molecule has 1 heterocycles. The maximum absolute atomic E-state index is 11.9. The van der Waals surface area contributed by atoms with Crippen LogP contribution in [-0.2, 0) is 4.79 Å². The van der Waals surface area contributed by atoms with E-state index in [-0.39, 0.29) is 18.5 Å². The van der Waals surface area contributed by atoms with Crippen LogP contribution in [0.4, 0.5) is 10.5 Å². The summed E-state index contributed by atoms with van der Waals surface area (Å²) in [5, 5.41) is 11.5. The summed E-state index contributed by atoms with van der Waals surface area (Å²) < 4.78 is 5.24. The smallest absolute Gasteiger partial charge is 0.322 e. The summed E-state index contributed by atoms with van der Waals surface area (Å²) in [5.41, 5.74) is 0.662. The van der Waals surface area contributed by atoms with Gasteiger partial charge in [-0.15, -0.1) is 0 Å². The van der Waals surface area contributed by atoms with Crippen LogP contribution < -0.4 is 15.0 Å². The number of methoxy groups -OCH3 is 1. The first-order valence-electron chi connectivity index (χ1n) is 6.05. The van der Waals surface area contributed by atoms with Crippen LogP contribution in [-0.4, -0.2) is 36.8 Å². The summed E-state index contributed by atoms with van der Waals surface area (Å²) in [6, 6.07) is 6.81. The van der Waals surface area contributed by atoms with Crippen molar-refractivity contribution in [1.29, 1.82) is 0 Å². The SMILES string of the molecule is COc1ccccc1N1C(=O)NCC1CCC(=O)O. The maximum Gasteiger partial charge on any atom is 0.322 e. The summed E-state index contributed by atoms with van der Waals surface area (Å²) in [4.78, 5) is 24.1. The number of hydrogen-bond acceptors (Lipinski definition) is 3. The summed E-state index contributed by atoms with van der Waals surface area (Å²) in [7, 11) is 1.54. The number of benzene rings is 1. The van der Waals surface area contributed by atoms with Crippen molar-refractivity contribution in [3.05, 3.63) is 24.3 Å². The molecular formula is C13H16N2O4. The highest BCUT2D eigenvalue weighted by molar-refractivity contribution is 5.96. The Balaban J connectivity index is 2.23. The fraction of sp³-hybridized carbons (Fsp3) is 0.385. The van der Waals surface area contributed by atoms with Crippen LogP contribution in [0.2, 0.25) is 0 Å². The Morgan fingerprint density at radius 2 is 2.26 bits per heavy atom. The molecule has 1 aromatic carbocycles. The molecule has 1 unspecified atom stereocenters. The van der Waals surface area contributed by atoms with E-state index in [1.165, 1.54) is 0 Å². The van der Waals surface area contributed by atoms with Gasteiger partial charge in [0.05, 0.1) is 18.8 Å². The number of para-hydroxylation sites is 2. The summed E-state index contributed by atoms with van der Waals surface area (Å²) in [5.74, 6) is -0.265. The summed E-state index contributed by atoms with van der Waals surface area (Å²) in [6.07, 6.45) is 0.442. The van der Waals surface area contributed by atoms with E-state index in [9.17, 15) is 9.59 Å². The molecule has 2 rings (SSSR count). The minimum atomic E-state index is -0.862. The Kier molecular flexibility index (Phi) is 3.89. The number of carbonyl (C=O) groups excluding carboxylic acids is 1. The zero-order valence-electron chi connectivity index (χ0n) is 10.6. The van der Waals surface area contributed by atoms with Crippen LogP contribution in [0, 0.1) is 0 Å². The number of nitrogens with one attached hydrogen (secondary N) is 1. The van der Waals surface area contributed by atoms with Crippen molar-refractivity contribution in [2.45, 2.75) is 18.9 Å². The summed E-state index contributed by atoms with van der Waals surface area (Å²) in [6.45, 7) is 0.449. The number of rotatable bonds is 5. The van der Waals surface area contributed by atoms with Gasteiger partial charge in [-0.2, -0.15) is 0 Å².